The molecule has 0 aliphatic heterocycles. The number of nitrogens with zero attached hydrogens (tertiary/aromatic N) is 3. The summed E-state index contributed by atoms with van der Waals surface area (Å²) in [4.78, 5) is 24.7. The Hall–Kier alpha value is -2.45. The van der Waals surface area contributed by atoms with E-state index in [1.807, 2.05) is 29.0 Å². The highest BCUT2D eigenvalue weighted by molar-refractivity contribution is 7.99. The van der Waals surface area contributed by atoms with Crippen LogP contribution in [0.25, 0.3) is 10.7 Å². The summed E-state index contributed by atoms with van der Waals surface area (Å²) in [5, 5.41) is 14.0. The van der Waals surface area contributed by atoms with E-state index < -0.39 is 0 Å². The van der Waals surface area contributed by atoms with Crippen molar-refractivity contribution in [3.05, 3.63) is 47.3 Å². The number of carbonyl (C=O) groups excluding carboxylic acids is 2. The third-order valence-corrected chi connectivity index (χ3v) is 5.49. The molecular formula is C18H18N4O2S2. The van der Waals surface area contributed by atoms with Gasteiger partial charge in [0.1, 0.15) is 0 Å². The number of thiophene rings is 1. The highest BCUT2D eigenvalue weighted by atomic mass is 32.2. The van der Waals surface area contributed by atoms with Gasteiger partial charge in [-0.25, -0.2) is 0 Å². The standard InChI is InChI=1S/C18H18N4O2S2/c1-3-22-17(15-8-5-9-25-15)20-21-18(22)26-11-16(24)19-14-7-4-6-13(10-14)12(2)23/h4-10H,3,11H2,1-2H3,(H,19,24). The number of amides is 1. The average molecular weight is 387 g/mol. The molecule has 134 valence electrons. The lowest BCUT2D eigenvalue weighted by Gasteiger charge is -2.07. The van der Waals surface area contributed by atoms with Crippen molar-refractivity contribution in [2.24, 2.45) is 0 Å². The molecule has 0 bridgehead atoms. The fraction of sp³-hybridized carbons (Fsp3) is 0.222. The number of rotatable bonds is 7. The van der Waals surface area contributed by atoms with Gasteiger partial charge in [0.15, 0.2) is 16.8 Å². The molecule has 0 saturated carbocycles. The van der Waals surface area contributed by atoms with Gasteiger partial charge in [0.05, 0.1) is 10.6 Å². The molecule has 3 aromatic rings. The number of nitrogens with one attached hydrogen (secondary N) is 1. The molecule has 1 N–H and O–H groups in total. The summed E-state index contributed by atoms with van der Waals surface area (Å²) in [6.07, 6.45) is 0. The summed E-state index contributed by atoms with van der Waals surface area (Å²) >= 11 is 2.95. The van der Waals surface area contributed by atoms with Crippen molar-refractivity contribution in [2.75, 3.05) is 11.1 Å². The molecule has 0 radical (unpaired) electrons. The third kappa shape index (κ3) is 4.20. The van der Waals surface area contributed by atoms with Gasteiger partial charge in [-0.1, -0.05) is 30.0 Å². The molecule has 1 aromatic carbocycles. The molecule has 6 nitrogen and oxygen atoms in total. The zero-order valence-corrected chi connectivity index (χ0v) is 16.1. The van der Waals surface area contributed by atoms with Crippen LogP contribution in [0, 0.1) is 0 Å². The lowest BCUT2D eigenvalue weighted by atomic mass is 10.1. The molecule has 1 amide bonds. The van der Waals surface area contributed by atoms with Gasteiger partial charge in [0.2, 0.25) is 5.91 Å². The molecular weight excluding hydrogens is 368 g/mol. The SMILES string of the molecule is CCn1c(SCC(=O)Nc2cccc(C(C)=O)c2)nnc1-c1cccs1. The molecule has 8 heteroatoms. The zero-order chi connectivity index (χ0) is 18.5. The number of hydrogen-bond donors (Lipinski definition) is 1. The summed E-state index contributed by atoms with van der Waals surface area (Å²) in [6.45, 7) is 4.25. The van der Waals surface area contributed by atoms with E-state index in [0.29, 0.717) is 16.4 Å². The molecule has 0 spiro atoms. The summed E-state index contributed by atoms with van der Waals surface area (Å²) in [6, 6.07) is 10.9. The number of benzene rings is 1. The normalized spacial score (nSPS) is 10.7. The Morgan fingerprint density at radius 3 is 2.77 bits per heavy atom. The van der Waals surface area contributed by atoms with Crippen molar-refractivity contribution < 1.29 is 9.59 Å². The third-order valence-electron chi connectivity index (χ3n) is 3.66. The Balaban J connectivity index is 1.65. The predicted molar refractivity (Wildman–Crippen MR) is 105 cm³/mol. The monoisotopic (exact) mass is 386 g/mol. The smallest absolute Gasteiger partial charge is 0.234 e. The predicted octanol–water partition coefficient (Wildman–Crippen LogP) is 3.96. The minimum atomic E-state index is -0.154. The molecule has 0 unspecified atom stereocenters. The topological polar surface area (TPSA) is 76.9 Å². The van der Waals surface area contributed by atoms with Crippen LogP contribution in [0.1, 0.15) is 24.2 Å². The minimum Gasteiger partial charge on any atom is -0.325 e. The van der Waals surface area contributed by atoms with Crippen molar-refractivity contribution in [3.8, 4) is 10.7 Å². The second kappa shape index (κ2) is 8.29. The first-order chi connectivity index (χ1) is 12.6. The molecule has 0 saturated heterocycles. The van der Waals surface area contributed by atoms with Crippen molar-refractivity contribution >= 4 is 40.5 Å². The second-order valence-corrected chi connectivity index (χ2v) is 7.39. The fourth-order valence-electron chi connectivity index (χ4n) is 2.41. The van der Waals surface area contributed by atoms with E-state index in [1.165, 1.54) is 18.7 Å². The number of thioether (sulfide) groups is 1. The Morgan fingerprint density at radius 2 is 2.08 bits per heavy atom. The van der Waals surface area contributed by atoms with Gasteiger partial charge in [0.25, 0.3) is 0 Å². The number of anilines is 1. The Kier molecular flexibility index (Phi) is 5.85. The Bertz CT molecular complexity index is 919. The molecule has 26 heavy (non-hydrogen) atoms. The average Bonchev–Trinajstić information content (AvgIpc) is 3.29. The van der Waals surface area contributed by atoms with Gasteiger partial charge < -0.3 is 9.88 Å². The summed E-state index contributed by atoms with van der Waals surface area (Å²) < 4.78 is 2.00. The largest absolute Gasteiger partial charge is 0.325 e. The highest BCUT2D eigenvalue weighted by Gasteiger charge is 2.15. The van der Waals surface area contributed by atoms with Crippen molar-refractivity contribution in [3.63, 3.8) is 0 Å². The van der Waals surface area contributed by atoms with Crippen LogP contribution in [-0.4, -0.2) is 32.2 Å². The quantitative estimate of drug-likeness (QED) is 0.491. The van der Waals surface area contributed by atoms with Gasteiger partial charge >= 0.3 is 0 Å². The first-order valence-electron chi connectivity index (χ1n) is 8.09. The van der Waals surface area contributed by atoms with E-state index in [1.54, 1.807) is 35.6 Å². The first-order valence-corrected chi connectivity index (χ1v) is 9.95. The van der Waals surface area contributed by atoms with E-state index in [4.69, 9.17) is 0 Å². The van der Waals surface area contributed by atoms with Crippen LogP contribution in [0.3, 0.4) is 0 Å². The zero-order valence-electron chi connectivity index (χ0n) is 14.4. The van der Waals surface area contributed by atoms with E-state index in [2.05, 4.69) is 15.5 Å². The van der Waals surface area contributed by atoms with Gasteiger partial charge in [-0.3, -0.25) is 9.59 Å². The van der Waals surface area contributed by atoms with E-state index in [9.17, 15) is 9.59 Å². The first kappa shape index (κ1) is 18.3. The molecule has 0 aliphatic rings. The number of aromatic nitrogens is 3. The van der Waals surface area contributed by atoms with Gasteiger partial charge in [-0.05, 0) is 37.4 Å². The molecule has 2 heterocycles. The van der Waals surface area contributed by atoms with Crippen LogP contribution >= 0.6 is 23.1 Å². The van der Waals surface area contributed by atoms with Gasteiger partial charge in [0, 0.05) is 17.8 Å². The second-order valence-electron chi connectivity index (χ2n) is 5.50. The van der Waals surface area contributed by atoms with Crippen LogP contribution in [0.2, 0.25) is 0 Å². The van der Waals surface area contributed by atoms with Gasteiger partial charge in [-0.15, -0.1) is 21.5 Å². The van der Waals surface area contributed by atoms with Crippen LogP contribution < -0.4 is 5.32 Å². The minimum absolute atomic E-state index is 0.0346. The molecule has 3 rings (SSSR count). The fourth-order valence-corrected chi connectivity index (χ4v) is 3.93. The molecule has 2 aromatic heterocycles. The van der Waals surface area contributed by atoms with E-state index in [0.717, 1.165) is 17.2 Å². The van der Waals surface area contributed by atoms with Gasteiger partial charge in [-0.2, -0.15) is 0 Å². The van der Waals surface area contributed by atoms with Crippen molar-refractivity contribution in [1.82, 2.24) is 14.8 Å². The van der Waals surface area contributed by atoms with Crippen molar-refractivity contribution in [2.45, 2.75) is 25.5 Å². The molecule has 0 atom stereocenters. The van der Waals surface area contributed by atoms with Crippen LogP contribution in [0.4, 0.5) is 5.69 Å². The lowest BCUT2D eigenvalue weighted by molar-refractivity contribution is -0.113. The maximum atomic E-state index is 12.2. The number of hydrogen-bond acceptors (Lipinski definition) is 6. The molecule has 0 fully saturated rings. The summed E-state index contributed by atoms with van der Waals surface area (Å²) in [5.74, 6) is 0.846. The van der Waals surface area contributed by atoms with Crippen LogP contribution in [0.5, 0.6) is 0 Å². The van der Waals surface area contributed by atoms with Crippen LogP contribution in [-0.2, 0) is 11.3 Å². The maximum Gasteiger partial charge on any atom is 0.234 e. The molecule has 0 aliphatic carbocycles. The summed E-state index contributed by atoms with van der Waals surface area (Å²) in [5.41, 5.74) is 1.18. The Labute approximate surface area is 159 Å². The number of ketones is 1. The van der Waals surface area contributed by atoms with Crippen LogP contribution in [0.15, 0.2) is 46.9 Å². The van der Waals surface area contributed by atoms with Crippen molar-refractivity contribution in [1.29, 1.82) is 0 Å². The summed E-state index contributed by atoms with van der Waals surface area (Å²) in [7, 11) is 0. The number of Topliss-reactive ketones (excluding diaryl/α,β-unsaturated/α-hetero) is 1. The van der Waals surface area contributed by atoms with E-state index in [-0.39, 0.29) is 17.4 Å². The Morgan fingerprint density at radius 1 is 1.23 bits per heavy atom. The maximum absolute atomic E-state index is 12.2. The number of carbonyl (C=O) groups is 2. The highest BCUT2D eigenvalue weighted by Crippen LogP contribution is 2.27. The lowest BCUT2D eigenvalue weighted by Crippen LogP contribution is -2.15. The van der Waals surface area contributed by atoms with E-state index >= 15 is 0 Å².